The Bertz CT molecular complexity index is 629. The molecule has 1 aromatic rings. The molecule has 0 aromatic heterocycles. The van der Waals surface area contributed by atoms with Crippen LogP contribution >= 0.6 is 0 Å². The first-order valence-corrected chi connectivity index (χ1v) is 7.71. The monoisotopic (exact) mass is 320 g/mol. The SMILES string of the molecule is CCCCOC(=O)C(C)N1C(=O)CCc2cc([N+](=O)[O-])ccc21. The summed E-state index contributed by atoms with van der Waals surface area (Å²) in [4.78, 5) is 36.1. The van der Waals surface area contributed by atoms with E-state index in [1.807, 2.05) is 6.92 Å². The van der Waals surface area contributed by atoms with Crippen molar-refractivity contribution in [3.05, 3.63) is 33.9 Å². The van der Waals surface area contributed by atoms with Gasteiger partial charge in [-0.2, -0.15) is 0 Å². The van der Waals surface area contributed by atoms with Gasteiger partial charge in [-0.3, -0.25) is 19.8 Å². The Morgan fingerprint density at radius 3 is 2.83 bits per heavy atom. The topological polar surface area (TPSA) is 89.8 Å². The highest BCUT2D eigenvalue weighted by molar-refractivity contribution is 6.01. The minimum atomic E-state index is -0.750. The molecule has 23 heavy (non-hydrogen) atoms. The van der Waals surface area contributed by atoms with Crippen molar-refractivity contribution in [2.45, 2.75) is 45.6 Å². The quantitative estimate of drug-likeness (QED) is 0.348. The minimum absolute atomic E-state index is 0.0174. The fraction of sp³-hybridized carbons (Fsp3) is 0.500. The minimum Gasteiger partial charge on any atom is -0.464 e. The van der Waals surface area contributed by atoms with Crippen LogP contribution in [0.3, 0.4) is 0 Å². The summed E-state index contributed by atoms with van der Waals surface area (Å²) < 4.78 is 5.18. The Labute approximate surface area is 134 Å². The number of anilines is 1. The maximum absolute atomic E-state index is 12.2. The summed E-state index contributed by atoms with van der Waals surface area (Å²) in [6, 6.07) is 3.59. The smallest absolute Gasteiger partial charge is 0.328 e. The fourth-order valence-electron chi connectivity index (χ4n) is 2.58. The van der Waals surface area contributed by atoms with Gasteiger partial charge >= 0.3 is 5.97 Å². The summed E-state index contributed by atoms with van der Waals surface area (Å²) in [6.07, 6.45) is 2.34. The number of carbonyl (C=O) groups excluding carboxylic acids is 2. The van der Waals surface area contributed by atoms with Crippen molar-refractivity contribution in [3.8, 4) is 0 Å². The normalized spacial score (nSPS) is 15.0. The number of ether oxygens (including phenoxy) is 1. The summed E-state index contributed by atoms with van der Waals surface area (Å²) in [5.41, 5.74) is 1.23. The molecule has 0 spiro atoms. The Morgan fingerprint density at radius 2 is 2.17 bits per heavy atom. The van der Waals surface area contributed by atoms with Crippen molar-refractivity contribution >= 4 is 23.3 Å². The number of carbonyl (C=O) groups is 2. The number of amides is 1. The molecule has 0 saturated carbocycles. The van der Waals surface area contributed by atoms with Gasteiger partial charge in [-0.15, -0.1) is 0 Å². The van der Waals surface area contributed by atoms with Crippen molar-refractivity contribution in [3.63, 3.8) is 0 Å². The van der Waals surface area contributed by atoms with Crippen LogP contribution in [0.1, 0.15) is 38.7 Å². The van der Waals surface area contributed by atoms with Crippen molar-refractivity contribution in [1.29, 1.82) is 0 Å². The number of fused-ring (bicyclic) bond motifs is 1. The Morgan fingerprint density at radius 1 is 1.43 bits per heavy atom. The summed E-state index contributed by atoms with van der Waals surface area (Å²) >= 11 is 0. The number of hydrogen-bond donors (Lipinski definition) is 0. The van der Waals surface area contributed by atoms with Gasteiger partial charge < -0.3 is 4.74 Å². The third kappa shape index (κ3) is 3.67. The molecule has 7 nitrogen and oxygen atoms in total. The van der Waals surface area contributed by atoms with E-state index in [1.54, 1.807) is 6.92 Å². The van der Waals surface area contributed by atoms with Gasteiger partial charge in [0.05, 0.1) is 11.5 Å². The number of non-ortho nitro benzene ring substituents is 1. The number of hydrogen-bond acceptors (Lipinski definition) is 5. The van der Waals surface area contributed by atoms with E-state index in [1.165, 1.54) is 23.1 Å². The van der Waals surface area contributed by atoms with E-state index in [9.17, 15) is 19.7 Å². The molecule has 1 atom stereocenters. The van der Waals surface area contributed by atoms with E-state index < -0.39 is 16.9 Å². The summed E-state index contributed by atoms with van der Waals surface area (Å²) in [7, 11) is 0. The molecule has 7 heteroatoms. The van der Waals surface area contributed by atoms with Crippen LogP contribution in [0.2, 0.25) is 0 Å². The van der Waals surface area contributed by atoms with Crippen molar-refractivity contribution < 1.29 is 19.2 Å². The molecule has 124 valence electrons. The molecular weight excluding hydrogens is 300 g/mol. The Balaban J connectivity index is 2.24. The van der Waals surface area contributed by atoms with Gasteiger partial charge in [0.1, 0.15) is 6.04 Å². The van der Waals surface area contributed by atoms with Crippen LogP contribution < -0.4 is 4.90 Å². The zero-order valence-electron chi connectivity index (χ0n) is 13.3. The van der Waals surface area contributed by atoms with Crippen LogP contribution in [-0.2, 0) is 20.7 Å². The van der Waals surface area contributed by atoms with Crippen LogP contribution in [0.15, 0.2) is 18.2 Å². The Hall–Kier alpha value is -2.44. The lowest BCUT2D eigenvalue weighted by Gasteiger charge is -2.33. The molecule has 1 heterocycles. The number of nitrogens with zero attached hydrogens (tertiary/aromatic N) is 2. The van der Waals surface area contributed by atoms with Gasteiger partial charge in [0.25, 0.3) is 5.69 Å². The number of rotatable bonds is 6. The lowest BCUT2D eigenvalue weighted by molar-refractivity contribution is -0.384. The average molecular weight is 320 g/mol. The van der Waals surface area contributed by atoms with Gasteiger partial charge in [-0.05, 0) is 31.4 Å². The summed E-state index contributed by atoms with van der Waals surface area (Å²) in [6.45, 7) is 3.94. The second kappa shape index (κ2) is 7.21. The van der Waals surface area contributed by atoms with E-state index in [0.717, 1.165) is 12.8 Å². The third-order valence-corrected chi connectivity index (χ3v) is 3.88. The van der Waals surface area contributed by atoms with Crippen molar-refractivity contribution in [1.82, 2.24) is 0 Å². The van der Waals surface area contributed by atoms with E-state index >= 15 is 0 Å². The van der Waals surface area contributed by atoms with Crippen LogP contribution in [0.5, 0.6) is 0 Å². The second-order valence-electron chi connectivity index (χ2n) is 5.53. The first-order valence-electron chi connectivity index (χ1n) is 7.71. The molecule has 0 aliphatic carbocycles. The van der Waals surface area contributed by atoms with Gasteiger partial charge in [-0.1, -0.05) is 13.3 Å². The van der Waals surface area contributed by atoms with Crippen LogP contribution in [-0.4, -0.2) is 29.4 Å². The molecule has 1 aliphatic heterocycles. The lowest BCUT2D eigenvalue weighted by Crippen LogP contribution is -2.46. The molecule has 0 N–H and O–H groups in total. The van der Waals surface area contributed by atoms with Crippen molar-refractivity contribution in [2.75, 3.05) is 11.5 Å². The highest BCUT2D eigenvalue weighted by atomic mass is 16.6. The number of unbranched alkanes of at least 4 members (excludes halogenated alkanes) is 1. The lowest BCUT2D eigenvalue weighted by atomic mass is 9.99. The number of nitro benzene ring substituents is 1. The van der Waals surface area contributed by atoms with Gasteiger partial charge in [0, 0.05) is 24.2 Å². The van der Waals surface area contributed by atoms with Crippen LogP contribution in [0.25, 0.3) is 0 Å². The molecule has 1 amide bonds. The first kappa shape index (κ1) is 16.9. The van der Waals surface area contributed by atoms with E-state index in [0.29, 0.717) is 24.3 Å². The highest BCUT2D eigenvalue weighted by Gasteiger charge is 2.33. The molecule has 0 bridgehead atoms. The molecule has 0 radical (unpaired) electrons. The fourth-order valence-corrected chi connectivity index (χ4v) is 2.58. The third-order valence-electron chi connectivity index (χ3n) is 3.88. The molecular formula is C16H20N2O5. The van der Waals surface area contributed by atoms with Gasteiger partial charge in [0.15, 0.2) is 0 Å². The molecule has 2 rings (SSSR count). The van der Waals surface area contributed by atoms with E-state index in [2.05, 4.69) is 0 Å². The van der Waals surface area contributed by atoms with Crippen molar-refractivity contribution in [2.24, 2.45) is 0 Å². The maximum atomic E-state index is 12.2. The molecule has 1 aromatic carbocycles. The predicted molar refractivity (Wildman–Crippen MR) is 84.2 cm³/mol. The highest BCUT2D eigenvalue weighted by Crippen LogP contribution is 2.32. The first-order chi connectivity index (χ1) is 11.0. The molecule has 1 unspecified atom stereocenters. The number of esters is 1. The van der Waals surface area contributed by atoms with Gasteiger partial charge in [0.2, 0.25) is 5.91 Å². The molecule has 1 aliphatic rings. The number of nitro groups is 1. The summed E-state index contributed by atoms with van der Waals surface area (Å²) in [5.74, 6) is -0.635. The number of benzene rings is 1. The average Bonchev–Trinajstić information content (AvgIpc) is 2.53. The Kier molecular flexibility index (Phi) is 5.31. The van der Waals surface area contributed by atoms with Gasteiger partial charge in [-0.25, -0.2) is 4.79 Å². The second-order valence-corrected chi connectivity index (χ2v) is 5.53. The maximum Gasteiger partial charge on any atom is 0.328 e. The largest absolute Gasteiger partial charge is 0.464 e. The standard InChI is InChI=1S/C16H20N2O5/c1-3-4-9-23-16(20)11(2)17-14-7-6-13(18(21)22)10-12(14)5-8-15(17)19/h6-7,10-11H,3-5,8-9H2,1-2H3. The van der Waals surface area contributed by atoms with Crippen LogP contribution in [0, 0.1) is 10.1 Å². The van der Waals surface area contributed by atoms with E-state index in [4.69, 9.17) is 4.74 Å². The van der Waals surface area contributed by atoms with Crippen LogP contribution in [0.4, 0.5) is 11.4 Å². The molecule has 0 fully saturated rings. The summed E-state index contributed by atoms with van der Waals surface area (Å²) in [5, 5.41) is 10.9. The zero-order chi connectivity index (χ0) is 17.0. The molecule has 0 saturated heterocycles. The predicted octanol–water partition coefficient (Wildman–Crippen LogP) is 2.61. The zero-order valence-corrected chi connectivity index (χ0v) is 13.3. The number of aryl methyl sites for hydroxylation is 1. The van der Waals surface area contributed by atoms with E-state index in [-0.39, 0.29) is 18.0 Å².